The quantitative estimate of drug-likeness (QED) is 0.542. The van der Waals surface area contributed by atoms with E-state index in [1.807, 2.05) is 19.1 Å². The van der Waals surface area contributed by atoms with Crippen molar-refractivity contribution in [1.29, 1.82) is 0 Å². The summed E-state index contributed by atoms with van der Waals surface area (Å²) >= 11 is 0. The highest BCUT2D eigenvalue weighted by atomic mass is 19.1. The average molecular weight is 322 g/mol. The summed E-state index contributed by atoms with van der Waals surface area (Å²) in [4.78, 5) is 7.02. The van der Waals surface area contributed by atoms with E-state index in [4.69, 9.17) is 0 Å². The van der Waals surface area contributed by atoms with Crippen molar-refractivity contribution in [2.45, 2.75) is 40.2 Å². The largest absolute Gasteiger partial charge is 0.357 e. The zero-order chi connectivity index (χ0) is 17.1. The van der Waals surface area contributed by atoms with Crippen LogP contribution in [0.1, 0.15) is 33.3 Å². The SMILES string of the molecule is CCNC(=NCC(C)N(CC)CC)NCCc1ccccc1F. The summed E-state index contributed by atoms with van der Waals surface area (Å²) in [5.41, 5.74) is 0.729. The zero-order valence-corrected chi connectivity index (χ0v) is 14.9. The van der Waals surface area contributed by atoms with E-state index in [0.717, 1.165) is 37.7 Å². The molecule has 23 heavy (non-hydrogen) atoms. The van der Waals surface area contributed by atoms with Crippen molar-refractivity contribution in [3.63, 3.8) is 0 Å². The Morgan fingerprint density at radius 2 is 1.87 bits per heavy atom. The Morgan fingerprint density at radius 1 is 1.17 bits per heavy atom. The summed E-state index contributed by atoms with van der Waals surface area (Å²) in [6.07, 6.45) is 0.642. The highest BCUT2D eigenvalue weighted by molar-refractivity contribution is 5.79. The highest BCUT2D eigenvalue weighted by Gasteiger charge is 2.09. The van der Waals surface area contributed by atoms with Crippen LogP contribution in [-0.4, -0.2) is 49.6 Å². The van der Waals surface area contributed by atoms with Crippen LogP contribution >= 0.6 is 0 Å². The lowest BCUT2D eigenvalue weighted by Crippen LogP contribution is -2.40. The summed E-state index contributed by atoms with van der Waals surface area (Å²) < 4.78 is 13.6. The maximum absolute atomic E-state index is 13.6. The van der Waals surface area contributed by atoms with E-state index in [-0.39, 0.29) is 5.82 Å². The lowest BCUT2D eigenvalue weighted by Gasteiger charge is -2.25. The molecule has 130 valence electrons. The number of benzene rings is 1. The number of halogens is 1. The average Bonchev–Trinajstić information content (AvgIpc) is 2.55. The Balaban J connectivity index is 2.51. The Labute approximate surface area is 140 Å². The number of hydrogen-bond acceptors (Lipinski definition) is 2. The van der Waals surface area contributed by atoms with Gasteiger partial charge in [0.1, 0.15) is 5.82 Å². The van der Waals surface area contributed by atoms with Gasteiger partial charge in [0.2, 0.25) is 0 Å². The third-order valence-electron chi connectivity index (χ3n) is 3.94. The first-order chi connectivity index (χ1) is 11.1. The molecule has 0 radical (unpaired) electrons. The molecule has 5 heteroatoms. The zero-order valence-electron chi connectivity index (χ0n) is 14.9. The molecular formula is C18H31FN4. The van der Waals surface area contributed by atoms with Gasteiger partial charge in [0.15, 0.2) is 5.96 Å². The second-order valence-corrected chi connectivity index (χ2v) is 5.56. The molecule has 0 aromatic heterocycles. The van der Waals surface area contributed by atoms with Crippen LogP contribution in [0.2, 0.25) is 0 Å². The molecular weight excluding hydrogens is 291 g/mol. The van der Waals surface area contributed by atoms with E-state index >= 15 is 0 Å². The lowest BCUT2D eigenvalue weighted by molar-refractivity contribution is 0.237. The summed E-state index contributed by atoms with van der Waals surface area (Å²) in [6, 6.07) is 7.31. The van der Waals surface area contributed by atoms with Crippen LogP contribution in [0.4, 0.5) is 4.39 Å². The molecule has 1 atom stereocenters. The predicted molar refractivity (Wildman–Crippen MR) is 96.5 cm³/mol. The summed E-state index contributed by atoms with van der Waals surface area (Å²) in [5.74, 6) is 0.647. The summed E-state index contributed by atoms with van der Waals surface area (Å²) in [6.45, 7) is 12.9. The van der Waals surface area contributed by atoms with Gasteiger partial charge in [0.05, 0.1) is 6.54 Å². The van der Waals surface area contributed by atoms with Gasteiger partial charge in [0, 0.05) is 19.1 Å². The number of hydrogen-bond donors (Lipinski definition) is 2. The molecule has 0 fully saturated rings. The molecule has 4 nitrogen and oxygen atoms in total. The van der Waals surface area contributed by atoms with Gasteiger partial charge in [-0.1, -0.05) is 32.0 Å². The van der Waals surface area contributed by atoms with Gasteiger partial charge < -0.3 is 10.6 Å². The normalized spacial score (nSPS) is 13.2. The third-order valence-corrected chi connectivity index (χ3v) is 3.94. The van der Waals surface area contributed by atoms with Gasteiger partial charge in [-0.15, -0.1) is 0 Å². The van der Waals surface area contributed by atoms with Crippen molar-refractivity contribution in [3.05, 3.63) is 35.6 Å². The minimum Gasteiger partial charge on any atom is -0.357 e. The van der Waals surface area contributed by atoms with Crippen LogP contribution in [0.5, 0.6) is 0 Å². The molecule has 0 aliphatic carbocycles. The second-order valence-electron chi connectivity index (χ2n) is 5.56. The predicted octanol–water partition coefficient (Wildman–Crippen LogP) is 2.65. The van der Waals surface area contributed by atoms with Gasteiger partial charge >= 0.3 is 0 Å². The van der Waals surface area contributed by atoms with Gasteiger partial charge in [-0.2, -0.15) is 0 Å². The molecule has 0 aliphatic rings. The minimum atomic E-state index is -0.147. The van der Waals surface area contributed by atoms with E-state index < -0.39 is 0 Å². The van der Waals surface area contributed by atoms with E-state index in [1.54, 1.807) is 6.07 Å². The molecule has 1 aromatic rings. The number of rotatable bonds is 9. The number of aliphatic imine (C=N–C) groups is 1. The summed E-state index contributed by atoms with van der Waals surface area (Å²) in [7, 11) is 0. The number of guanidine groups is 1. The maximum atomic E-state index is 13.6. The van der Waals surface area contributed by atoms with Crippen molar-refractivity contribution >= 4 is 5.96 Å². The number of nitrogens with zero attached hydrogens (tertiary/aromatic N) is 2. The van der Waals surface area contributed by atoms with Crippen molar-refractivity contribution in [3.8, 4) is 0 Å². The topological polar surface area (TPSA) is 39.7 Å². The first-order valence-electron chi connectivity index (χ1n) is 8.61. The standard InChI is InChI=1S/C18H31FN4/c1-5-20-18(22-14-15(4)23(6-2)7-3)21-13-12-16-10-8-9-11-17(16)19/h8-11,15H,5-7,12-14H2,1-4H3,(H2,20,21,22). The summed E-state index contributed by atoms with van der Waals surface area (Å²) in [5, 5.41) is 6.52. The first-order valence-corrected chi connectivity index (χ1v) is 8.61. The van der Waals surface area contributed by atoms with Crippen LogP contribution in [0.25, 0.3) is 0 Å². The fraction of sp³-hybridized carbons (Fsp3) is 0.611. The Kier molecular flexibility index (Phi) is 9.29. The second kappa shape index (κ2) is 11.0. The van der Waals surface area contributed by atoms with Gasteiger partial charge in [-0.25, -0.2) is 4.39 Å². The van der Waals surface area contributed by atoms with Crippen molar-refractivity contribution < 1.29 is 4.39 Å². The fourth-order valence-electron chi connectivity index (χ4n) is 2.54. The molecule has 2 N–H and O–H groups in total. The van der Waals surface area contributed by atoms with Crippen molar-refractivity contribution in [2.75, 3.05) is 32.7 Å². The Morgan fingerprint density at radius 3 is 2.48 bits per heavy atom. The Hall–Kier alpha value is -1.62. The van der Waals surface area contributed by atoms with E-state index in [0.29, 0.717) is 19.0 Å². The van der Waals surface area contributed by atoms with E-state index in [1.165, 1.54) is 6.07 Å². The van der Waals surface area contributed by atoms with Crippen molar-refractivity contribution in [1.82, 2.24) is 15.5 Å². The van der Waals surface area contributed by atoms with Crippen LogP contribution in [0.15, 0.2) is 29.3 Å². The third kappa shape index (κ3) is 6.99. The van der Waals surface area contributed by atoms with Gasteiger partial charge in [-0.3, -0.25) is 9.89 Å². The molecule has 0 spiro atoms. The van der Waals surface area contributed by atoms with Gasteiger partial charge in [0.25, 0.3) is 0 Å². The molecule has 0 aliphatic heterocycles. The van der Waals surface area contributed by atoms with Crippen molar-refractivity contribution in [2.24, 2.45) is 4.99 Å². The van der Waals surface area contributed by atoms with E-state index in [9.17, 15) is 4.39 Å². The molecule has 0 bridgehead atoms. The molecule has 1 aromatic carbocycles. The highest BCUT2D eigenvalue weighted by Crippen LogP contribution is 2.06. The van der Waals surface area contributed by atoms with Gasteiger partial charge in [-0.05, 0) is 45.0 Å². The van der Waals surface area contributed by atoms with Crippen LogP contribution in [0, 0.1) is 5.82 Å². The first kappa shape index (κ1) is 19.4. The minimum absolute atomic E-state index is 0.147. The Bertz CT molecular complexity index is 472. The van der Waals surface area contributed by atoms with Crippen LogP contribution < -0.4 is 10.6 Å². The monoisotopic (exact) mass is 322 g/mol. The molecule has 0 amide bonds. The molecule has 1 rings (SSSR count). The molecule has 0 saturated heterocycles. The number of nitrogens with one attached hydrogen (secondary N) is 2. The molecule has 0 saturated carbocycles. The van der Waals surface area contributed by atoms with Crippen LogP contribution in [-0.2, 0) is 6.42 Å². The van der Waals surface area contributed by atoms with E-state index in [2.05, 4.69) is 41.3 Å². The maximum Gasteiger partial charge on any atom is 0.191 e. The smallest absolute Gasteiger partial charge is 0.191 e. The lowest BCUT2D eigenvalue weighted by atomic mass is 10.1. The van der Waals surface area contributed by atoms with Crippen LogP contribution in [0.3, 0.4) is 0 Å². The fourth-order valence-corrected chi connectivity index (χ4v) is 2.54. The molecule has 0 heterocycles. The number of likely N-dealkylation sites (N-methyl/N-ethyl adjacent to an activating group) is 1. The molecule has 1 unspecified atom stereocenters.